The molecule has 0 radical (unpaired) electrons. The van der Waals surface area contributed by atoms with Crippen LogP contribution in [0.1, 0.15) is 21.5 Å². The van der Waals surface area contributed by atoms with Crippen LogP contribution in [0.4, 0.5) is 5.13 Å². The number of thiazole rings is 1. The highest BCUT2D eigenvalue weighted by molar-refractivity contribution is 7.22. The van der Waals surface area contributed by atoms with E-state index in [0.29, 0.717) is 22.3 Å². The van der Waals surface area contributed by atoms with Crippen LogP contribution in [0.2, 0.25) is 5.02 Å². The molecule has 0 aliphatic rings. The van der Waals surface area contributed by atoms with E-state index < -0.39 is 0 Å². The number of rotatable bonds is 5. The number of benzene rings is 2. The number of carbonyl (C=O) groups is 1. The van der Waals surface area contributed by atoms with Crippen molar-refractivity contribution in [2.75, 3.05) is 12.0 Å². The minimum atomic E-state index is -0.221. The minimum Gasteiger partial charge on any atom is -0.479 e. The molecule has 4 aromatic rings. The van der Waals surface area contributed by atoms with E-state index >= 15 is 0 Å². The first-order valence-corrected chi connectivity index (χ1v) is 10.2. The van der Waals surface area contributed by atoms with Crippen LogP contribution in [0.15, 0.2) is 48.7 Å². The Morgan fingerprint density at radius 1 is 1.28 bits per heavy atom. The van der Waals surface area contributed by atoms with Crippen LogP contribution in [0, 0.1) is 6.92 Å². The second-order valence-electron chi connectivity index (χ2n) is 6.67. The lowest BCUT2D eigenvalue weighted by Gasteiger charge is -2.19. The van der Waals surface area contributed by atoms with Gasteiger partial charge >= 0.3 is 0 Å². The minimum absolute atomic E-state index is 0.221. The molecule has 0 spiro atoms. The number of aromatic nitrogens is 3. The van der Waals surface area contributed by atoms with Crippen molar-refractivity contribution in [3.63, 3.8) is 0 Å². The van der Waals surface area contributed by atoms with Crippen molar-refractivity contribution in [1.82, 2.24) is 14.8 Å². The van der Waals surface area contributed by atoms with E-state index in [0.717, 1.165) is 21.3 Å². The molecule has 0 fully saturated rings. The Morgan fingerprint density at radius 2 is 2.03 bits per heavy atom. The van der Waals surface area contributed by atoms with Crippen molar-refractivity contribution >= 4 is 44.2 Å². The monoisotopic (exact) mass is 426 g/mol. The summed E-state index contributed by atoms with van der Waals surface area (Å²) in [5.41, 5.74) is 3.21. The zero-order valence-corrected chi connectivity index (χ0v) is 17.8. The highest BCUT2D eigenvalue weighted by atomic mass is 35.5. The van der Waals surface area contributed by atoms with Gasteiger partial charge < -0.3 is 4.74 Å². The normalized spacial score (nSPS) is 11.0. The molecule has 0 atom stereocenters. The summed E-state index contributed by atoms with van der Waals surface area (Å²) < 4.78 is 7.81. The molecule has 0 aliphatic heterocycles. The predicted molar refractivity (Wildman–Crippen MR) is 116 cm³/mol. The number of fused-ring (bicyclic) bond motifs is 1. The number of amides is 1. The van der Waals surface area contributed by atoms with Crippen LogP contribution in [0.3, 0.4) is 0 Å². The number of anilines is 1. The molecule has 6 nitrogen and oxygen atoms in total. The van der Waals surface area contributed by atoms with Crippen molar-refractivity contribution in [3.05, 3.63) is 70.4 Å². The van der Waals surface area contributed by atoms with Crippen molar-refractivity contribution in [1.29, 1.82) is 0 Å². The Labute approximate surface area is 177 Å². The van der Waals surface area contributed by atoms with Gasteiger partial charge in [-0.1, -0.05) is 53.3 Å². The molecule has 2 aromatic carbocycles. The first-order valence-electron chi connectivity index (χ1n) is 8.96. The Kier molecular flexibility index (Phi) is 5.25. The van der Waals surface area contributed by atoms with Gasteiger partial charge in [-0.2, -0.15) is 0 Å². The molecular weight excluding hydrogens is 408 g/mol. The van der Waals surface area contributed by atoms with Gasteiger partial charge in [-0.05, 0) is 30.2 Å². The fraction of sp³-hybridized carbons (Fsp3) is 0.190. The van der Waals surface area contributed by atoms with Crippen molar-refractivity contribution in [2.45, 2.75) is 13.5 Å². The standard InChI is InChI=1S/C21H19ClN4O2S/c1-13-9-15(22)10-17-18(13)23-21(29-17)26(11-14-7-5-4-6-8-14)20(27)16-12-25(2)24-19(16)28-3/h4-10,12H,11H2,1-3H3. The summed E-state index contributed by atoms with van der Waals surface area (Å²) in [5, 5.41) is 5.47. The van der Waals surface area contributed by atoms with Crippen molar-refractivity contribution in [2.24, 2.45) is 7.05 Å². The van der Waals surface area contributed by atoms with Crippen LogP contribution in [0.25, 0.3) is 10.2 Å². The lowest BCUT2D eigenvalue weighted by atomic mass is 10.2. The van der Waals surface area contributed by atoms with Crippen molar-refractivity contribution in [3.8, 4) is 5.88 Å². The highest BCUT2D eigenvalue weighted by Gasteiger charge is 2.26. The van der Waals surface area contributed by atoms with E-state index in [4.69, 9.17) is 21.3 Å². The maximum absolute atomic E-state index is 13.5. The first-order chi connectivity index (χ1) is 14.0. The quantitative estimate of drug-likeness (QED) is 0.457. The Bertz CT molecular complexity index is 1190. The molecule has 0 aliphatic carbocycles. The topological polar surface area (TPSA) is 60.3 Å². The molecule has 8 heteroatoms. The number of ether oxygens (including phenoxy) is 1. The van der Waals surface area contributed by atoms with E-state index in [9.17, 15) is 4.79 Å². The molecule has 0 N–H and O–H groups in total. The van der Waals surface area contributed by atoms with Crippen LogP contribution in [-0.2, 0) is 13.6 Å². The average Bonchev–Trinajstić information content (AvgIpc) is 3.29. The Balaban J connectivity index is 1.82. The number of hydrogen-bond acceptors (Lipinski definition) is 5. The zero-order valence-electron chi connectivity index (χ0n) is 16.2. The maximum Gasteiger partial charge on any atom is 0.267 e. The summed E-state index contributed by atoms with van der Waals surface area (Å²) in [6, 6.07) is 13.6. The fourth-order valence-corrected chi connectivity index (χ4v) is 4.58. The number of hydrogen-bond donors (Lipinski definition) is 0. The van der Waals surface area contributed by atoms with E-state index in [1.807, 2.05) is 49.4 Å². The molecule has 2 heterocycles. The van der Waals surface area contributed by atoms with E-state index in [1.54, 1.807) is 22.8 Å². The summed E-state index contributed by atoms with van der Waals surface area (Å²) in [5.74, 6) is 0.0671. The molecule has 0 bridgehead atoms. The van der Waals surface area contributed by atoms with Gasteiger partial charge in [-0.15, -0.1) is 5.10 Å². The predicted octanol–water partition coefficient (Wildman–Crippen LogP) is 4.85. The van der Waals surface area contributed by atoms with Crippen LogP contribution in [0.5, 0.6) is 5.88 Å². The molecular formula is C21H19ClN4O2S. The largest absolute Gasteiger partial charge is 0.479 e. The van der Waals surface area contributed by atoms with E-state index in [-0.39, 0.29) is 11.8 Å². The summed E-state index contributed by atoms with van der Waals surface area (Å²) >= 11 is 7.65. The second-order valence-corrected chi connectivity index (χ2v) is 8.11. The van der Waals surface area contributed by atoms with E-state index in [2.05, 4.69) is 5.10 Å². The Hall–Kier alpha value is -2.90. The lowest BCUT2D eigenvalue weighted by molar-refractivity contribution is 0.0982. The SMILES string of the molecule is COc1nn(C)cc1C(=O)N(Cc1ccccc1)c1nc2c(C)cc(Cl)cc2s1. The Morgan fingerprint density at radius 3 is 2.76 bits per heavy atom. The molecule has 0 saturated heterocycles. The lowest BCUT2D eigenvalue weighted by Crippen LogP contribution is -2.30. The number of nitrogens with zero attached hydrogens (tertiary/aromatic N) is 4. The first kappa shape index (κ1) is 19.4. The molecule has 2 aromatic heterocycles. The second kappa shape index (κ2) is 7.85. The van der Waals surface area contributed by atoms with Crippen molar-refractivity contribution < 1.29 is 9.53 Å². The third-order valence-electron chi connectivity index (χ3n) is 4.52. The highest BCUT2D eigenvalue weighted by Crippen LogP contribution is 2.35. The van der Waals surface area contributed by atoms with Gasteiger partial charge in [0.25, 0.3) is 5.91 Å². The smallest absolute Gasteiger partial charge is 0.267 e. The molecule has 0 saturated carbocycles. The van der Waals surface area contributed by atoms with E-state index in [1.165, 1.54) is 18.4 Å². The van der Waals surface area contributed by atoms with Gasteiger partial charge in [-0.25, -0.2) is 4.98 Å². The third-order valence-corrected chi connectivity index (χ3v) is 5.76. The van der Waals surface area contributed by atoms with Gasteiger partial charge in [0.05, 0.1) is 23.9 Å². The van der Waals surface area contributed by atoms with Gasteiger partial charge in [0.1, 0.15) is 5.56 Å². The molecule has 1 amide bonds. The van der Waals surface area contributed by atoms with Gasteiger partial charge in [0.15, 0.2) is 5.13 Å². The molecule has 29 heavy (non-hydrogen) atoms. The van der Waals surface area contributed by atoms with Gasteiger partial charge in [0.2, 0.25) is 5.88 Å². The molecule has 0 unspecified atom stereocenters. The summed E-state index contributed by atoms with van der Waals surface area (Å²) in [7, 11) is 3.26. The third kappa shape index (κ3) is 3.83. The van der Waals surface area contributed by atoms with Crippen LogP contribution < -0.4 is 9.64 Å². The van der Waals surface area contributed by atoms with Gasteiger partial charge in [-0.3, -0.25) is 14.4 Å². The van der Waals surface area contributed by atoms with Crippen LogP contribution >= 0.6 is 22.9 Å². The number of carbonyl (C=O) groups excluding carboxylic acids is 1. The van der Waals surface area contributed by atoms with Crippen LogP contribution in [-0.4, -0.2) is 27.8 Å². The number of methoxy groups -OCH3 is 1. The maximum atomic E-state index is 13.5. The average molecular weight is 427 g/mol. The zero-order chi connectivity index (χ0) is 20.5. The number of aryl methyl sites for hydroxylation is 2. The summed E-state index contributed by atoms with van der Waals surface area (Å²) in [6.07, 6.45) is 1.66. The molecule has 148 valence electrons. The van der Waals surface area contributed by atoms with Gasteiger partial charge in [0, 0.05) is 18.3 Å². The number of halogens is 1. The summed E-state index contributed by atoms with van der Waals surface area (Å²) in [4.78, 5) is 19.9. The fourth-order valence-electron chi connectivity index (χ4n) is 3.16. The summed E-state index contributed by atoms with van der Waals surface area (Å²) in [6.45, 7) is 2.34. The molecule has 4 rings (SSSR count).